The molecule has 0 saturated heterocycles. The molecule has 9 heteroatoms. The number of halogens is 4. The van der Waals surface area contributed by atoms with Crippen LogP contribution in [0.1, 0.15) is 41.6 Å². The third-order valence-electron chi connectivity index (χ3n) is 5.24. The van der Waals surface area contributed by atoms with Crippen molar-refractivity contribution in [2.24, 2.45) is 11.8 Å². The van der Waals surface area contributed by atoms with Gasteiger partial charge in [-0.05, 0) is 43.7 Å². The first-order valence-corrected chi connectivity index (χ1v) is 9.74. The van der Waals surface area contributed by atoms with Crippen molar-refractivity contribution in [1.29, 1.82) is 0 Å². The zero-order valence-electron chi connectivity index (χ0n) is 15.2. The number of aromatic amines is 1. The standard InChI is InChI=1S/C19H20BrF3N2O3/c1-28-18(27)11-4-2-10(3-5-11)9-25-17(26)14-15(19(21,22)23)13(20)8-12-6-7-24-16(12)14/h6-8,10-11,24H,2-5,9H2,1H3,(H,25,26). The summed E-state index contributed by atoms with van der Waals surface area (Å²) in [6.45, 7) is 0.263. The fraction of sp³-hybridized carbons (Fsp3) is 0.474. The molecule has 0 aliphatic heterocycles. The Hall–Kier alpha value is -2.03. The van der Waals surface area contributed by atoms with Gasteiger partial charge in [-0.15, -0.1) is 0 Å². The Morgan fingerprint density at radius 2 is 1.96 bits per heavy atom. The van der Waals surface area contributed by atoms with Crippen LogP contribution in [-0.4, -0.2) is 30.5 Å². The highest BCUT2D eigenvalue weighted by Crippen LogP contribution is 2.40. The summed E-state index contributed by atoms with van der Waals surface area (Å²) in [6.07, 6.45) is -0.450. The summed E-state index contributed by atoms with van der Waals surface area (Å²) in [5.74, 6) is -1.03. The van der Waals surface area contributed by atoms with Crippen molar-refractivity contribution in [1.82, 2.24) is 10.3 Å². The van der Waals surface area contributed by atoms with Crippen molar-refractivity contribution in [3.05, 3.63) is 33.9 Å². The quantitative estimate of drug-likeness (QED) is 0.651. The number of fused-ring (bicyclic) bond motifs is 1. The van der Waals surface area contributed by atoms with E-state index < -0.39 is 23.2 Å². The molecule has 1 fully saturated rings. The Balaban J connectivity index is 1.76. The molecule has 0 spiro atoms. The van der Waals surface area contributed by atoms with E-state index in [0.717, 1.165) is 0 Å². The number of amides is 1. The first-order valence-electron chi connectivity index (χ1n) is 8.95. The van der Waals surface area contributed by atoms with E-state index in [1.807, 2.05) is 0 Å². The molecule has 0 atom stereocenters. The van der Waals surface area contributed by atoms with E-state index in [9.17, 15) is 22.8 Å². The molecule has 1 aliphatic rings. The molecule has 0 unspecified atom stereocenters. The molecule has 1 aliphatic carbocycles. The molecule has 152 valence electrons. The van der Waals surface area contributed by atoms with Crippen LogP contribution in [0.4, 0.5) is 13.2 Å². The molecule has 1 saturated carbocycles. The minimum absolute atomic E-state index is 0.116. The molecule has 3 rings (SSSR count). The van der Waals surface area contributed by atoms with Crippen molar-refractivity contribution < 1.29 is 27.5 Å². The van der Waals surface area contributed by atoms with Gasteiger partial charge in [0.05, 0.1) is 29.7 Å². The first kappa shape index (κ1) is 20.7. The number of nitrogens with one attached hydrogen (secondary N) is 2. The van der Waals surface area contributed by atoms with E-state index in [1.165, 1.54) is 19.4 Å². The normalized spacial score (nSPS) is 20.2. The van der Waals surface area contributed by atoms with Gasteiger partial charge in [0.1, 0.15) is 0 Å². The van der Waals surface area contributed by atoms with Gasteiger partial charge in [-0.2, -0.15) is 13.2 Å². The summed E-state index contributed by atoms with van der Waals surface area (Å²) in [6, 6.07) is 2.96. The highest BCUT2D eigenvalue weighted by atomic mass is 79.9. The highest BCUT2D eigenvalue weighted by Gasteiger charge is 2.39. The fourth-order valence-electron chi connectivity index (χ4n) is 3.77. The third-order valence-corrected chi connectivity index (χ3v) is 5.87. The Kier molecular flexibility index (Phi) is 6.02. The third kappa shape index (κ3) is 4.19. The molecule has 1 aromatic heterocycles. The Bertz CT molecular complexity index is 886. The lowest BCUT2D eigenvalue weighted by molar-refractivity contribution is -0.146. The topological polar surface area (TPSA) is 71.2 Å². The number of aromatic nitrogens is 1. The minimum Gasteiger partial charge on any atom is -0.469 e. The van der Waals surface area contributed by atoms with Gasteiger partial charge in [0.25, 0.3) is 5.91 Å². The van der Waals surface area contributed by atoms with Crippen molar-refractivity contribution in [3.8, 4) is 0 Å². The van der Waals surface area contributed by atoms with Crippen LogP contribution in [0, 0.1) is 11.8 Å². The molecule has 0 bridgehead atoms. The van der Waals surface area contributed by atoms with Gasteiger partial charge >= 0.3 is 12.1 Å². The SMILES string of the molecule is COC(=O)C1CCC(CNC(=O)c2c(C(F)(F)F)c(Br)cc3cc[nH]c23)CC1. The maximum absolute atomic E-state index is 13.6. The van der Waals surface area contributed by atoms with Crippen molar-refractivity contribution in [2.75, 3.05) is 13.7 Å². The average Bonchev–Trinajstić information content (AvgIpc) is 3.11. The maximum atomic E-state index is 13.6. The molecule has 1 heterocycles. The molecular formula is C19H20BrF3N2O3. The minimum atomic E-state index is -4.68. The number of esters is 1. The Morgan fingerprint density at radius 1 is 1.29 bits per heavy atom. The number of H-pyrrole nitrogens is 1. The summed E-state index contributed by atoms with van der Waals surface area (Å²) >= 11 is 2.95. The number of hydrogen-bond donors (Lipinski definition) is 2. The van der Waals surface area contributed by atoms with Gasteiger partial charge in [-0.1, -0.05) is 15.9 Å². The zero-order valence-corrected chi connectivity index (χ0v) is 16.7. The Labute approximate surface area is 168 Å². The first-order chi connectivity index (χ1) is 13.2. The van der Waals surface area contributed by atoms with Crippen LogP contribution in [0.3, 0.4) is 0 Å². The van der Waals surface area contributed by atoms with Crippen LogP contribution in [0.5, 0.6) is 0 Å². The van der Waals surface area contributed by atoms with Gasteiger partial charge in [0.15, 0.2) is 0 Å². The number of ether oxygens (including phenoxy) is 1. The average molecular weight is 461 g/mol. The van der Waals surface area contributed by atoms with Gasteiger partial charge in [0, 0.05) is 22.6 Å². The molecule has 28 heavy (non-hydrogen) atoms. The van der Waals surface area contributed by atoms with Gasteiger partial charge in [0.2, 0.25) is 0 Å². The number of benzene rings is 1. The van der Waals surface area contributed by atoms with E-state index in [2.05, 4.69) is 26.2 Å². The van der Waals surface area contributed by atoms with Crippen molar-refractivity contribution >= 4 is 38.7 Å². The summed E-state index contributed by atoms with van der Waals surface area (Å²) in [4.78, 5) is 27.0. The zero-order chi connectivity index (χ0) is 20.5. The summed E-state index contributed by atoms with van der Waals surface area (Å²) in [7, 11) is 1.35. The molecule has 0 radical (unpaired) electrons. The number of hydrogen-bond acceptors (Lipinski definition) is 3. The molecule has 2 N–H and O–H groups in total. The highest BCUT2D eigenvalue weighted by molar-refractivity contribution is 9.10. The van der Waals surface area contributed by atoms with Crippen LogP contribution < -0.4 is 5.32 Å². The Morgan fingerprint density at radius 3 is 2.57 bits per heavy atom. The fourth-order valence-corrected chi connectivity index (χ4v) is 4.44. The van der Waals surface area contributed by atoms with Crippen LogP contribution >= 0.6 is 15.9 Å². The number of methoxy groups -OCH3 is 1. The maximum Gasteiger partial charge on any atom is 0.418 e. The van der Waals surface area contributed by atoms with Crippen molar-refractivity contribution in [2.45, 2.75) is 31.9 Å². The molecule has 5 nitrogen and oxygen atoms in total. The van der Waals surface area contributed by atoms with Crippen LogP contribution in [0.15, 0.2) is 22.8 Å². The molecule has 1 amide bonds. The van der Waals surface area contributed by atoms with E-state index in [-0.39, 0.29) is 34.3 Å². The van der Waals surface area contributed by atoms with Gasteiger partial charge in [-0.3, -0.25) is 9.59 Å². The molecule has 1 aromatic carbocycles. The van der Waals surface area contributed by atoms with Crippen LogP contribution in [0.25, 0.3) is 10.9 Å². The molecule has 2 aromatic rings. The summed E-state index contributed by atoms with van der Waals surface area (Å²) in [5, 5.41) is 3.17. The monoisotopic (exact) mass is 460 g/mol. The summed E-state index contributed by atoms with van der Waals surface area (Å²) < 4.78 is 45.3. The number of carbonyl (C=O) groups is 2. The number of rotatable bonds is 4. The van der Waals surface area contributed by atoms with E-state index in [1.54, 1.807) is 6.07 Å². The van der Waals surface area contributed by atoms with Gasteiger partial charge < -0.3 is 15.0 Å². The lowest BCUT2D eigenvalue weighted by atomic mass is 9.82. The second-order valence-corrected chi connectivity index (χ2v) is 7.85. The predicted octanol–water partition coefficient (Wildman–Crippen LogP) is 4.66. The molecular weight excluding hydrogens is 441 g/mol. The number of alkyl halides is 3. The van der Waals surface area contributed by atoms with Crippen LogP contribution in [0.2, 0.25) is 0 Å². The summed E-state index contributed by atoms with van der Waals surface area (Å²) in [5.41, 5.74) is -1.25. The van der Waals surface area contributed by atoms with Crippen LogP contribution in [-0.2, 0) is 15.7 Å². The smallest absolute Gasteiger partial charge is 0.418 e. The lowest BCUT2D eigenvalue weighted by Gasteiger charge is -2.27. The van der Waals surface area contributed by atoms with E-state index in [0.29, 0.717) is 31.1 Å². The predicted molar refractivity (Wildman–Crippen MR) is 101 cm³/mol. The van der Waals surface area contributed by atoms with Gasteiger partial charge in [-0.25, -0.2) is 0 Å². The second kappa shape index (κ2) is 8.14. The van der Waals surface area contributed by atoms with Crippen molar-refractivity contribution in [3.63, 3.8) is 0 Å². The second-order valence-electron chi connectivity index (χ2n) is 7.00. The largest absolute Gasteiger partial charge is 0.469 e. The van der Waals surface area contributed by atoms with E-state index in [4.69, 9.17) is 4.74 Å². The lowest BCUT2D eigenvalue weighted by Crippen LogP contribution is -2.34. The van der Waals surface area contributed by atoms with E-state index >= 15 is 0 Å². The number of carbonyl (C=O) groups excluding carboxylic acids is 2.